The topological polar surface area (TPSA) is 86.9 Å². The molecule has 2 aromatic rings. The van der Waals surface area contributed by atoms with Crippen molar-refractivity contribution >= 4 is 17.5 Å². The average molecular weight is 318 g/mol. The number of nitrogens with one attached hydrogen (secondary N) is 3. The summed E-state index contributed by atoms with van der Waals surface area (Å²) in [5.74, 6) is -1.14. The van der Waals surface area contributed by atoms with Crippen LogP contribution in [-0.2, 0) is 16.0 Å². The second-order valence-corrected chi connectivity index (χ2v) is 5.28. The van der Waals surface area contributed by atoms with E-state index in [2.05, 4.69) is 20.8 Å². The Morgan fingerprint density at radius 3 is 2.83 bits per heavy atom. The fraction of sp³-hybridized carbons (Fsp3) is 0.312. The number of H-pyrrole nitrogens is 1. The van der Waals surface area contributed by atoms with Gasteiger partial charge in [-0.3, -0.25) is 14.7 Å². The van der Waals surface area contributed by atoms with E-state index in [0.717, 1.165) is 0 Å². The number of amides is 2. The van der Waals surface area contributed by atoms with E-state index in [1.54, 1.807) is 25.1 Å². The van der Waals surface area contributed by atoms with Crippen molar-refractivity contribution < 1.29 is 14.0 Å². The van der Waals surface area contributed by atoms with Gasteiger partial charge in [0.2, 0.25) is 11.8 Å². The van der Waals surface area contributed by atoms with Crippen molar-refractivity contribution in [2.75, 3.05) is 11.9 Å². The molecule has 1 atom stereocenters. The molecule has 23 heavy (non-hydrogen) atoms. The average Bonchev–Trinajstić information content (AvgIpc) is 3.04. The van der Waals surface area contributed by atoms with Crippen LogP contribution < -0.4 is 10.6 Å². The Labute approximate surface area is 133 Å². The van der Waals surface area contributed by atoms with Crippen LogP contribution in [0.2, 0.25) is 0 Å². The molecule has 0 radical (unpaired) electrons. The van der Waals surface area contributed by atoms with Crippen molar-refractivity contribution in [3.63, 3.8) is 0 Å². The summed E-state index contributed by atoms with van der Waals surface area (Å²) < 4.78 is 13.5. The van der Waals surface area contributed by atoms with Crippen LogP contribution in [0.25, 0.3) is 0 Å². The minimum atomic E-state index is -0.332. The molecule has 2 rings (SSSR count). The Kier molecular flexibility index (Phi) is 5.85. The number of halogens is 1. The lowest BCUT2D eigenvalue weighted by atomic mass is 10.00. The first-order valence-electron chi connectivity index (χ1n) is 7.36. The summed E-state index contributed by atoms with van der Waals surface area (Å²) in [4.78, 5) is 23.6. The third-order valence-electron chi connectivity index (χ3n) is 3.46. The summed E-state index contributed by atoms with van der Waals surface area (Å²) in [5.41, 5.74) is 1.13. The number of aryl methyl sites for hydroxylation is 1. The molecular weight excluding hydrogens is 299 g/mol. The summed E-state index contributed by atoms with van der Waals surface area (Å²) in [5, 5.41) is 11.4. The van der Waals surface area contributed by atoms with Crippen molar-refractivity contribution in [1.29, 1.82) is 0 Å². The molecule has 1 heterocycles. The van der Waals surface area contributed by atoms with E-state index in [9.17, 15) is 14.0 Å². The summed E-state index contributed by atoms with van der Waals surface area (Å²) in [7, 11) is 0. The number of carbonyl (C=O) groups excluding carboxylic acids is 2. The third kappa shape index (κ3) is 5.21. The Balaban J connectivity index is 1.72. The van der Waals surface area contributed by atoms with Gasteiger partial charge < -0.3 is 10.6 Å². The highest BCUT2D eigenvalue weighted by atomic mass is 19.1. The smallest absolute Gasteiger partial charge is 0.243 e. The number of carbonyl (C=O) groups is 2. The van der Waals surface area contributed by atoms with Gasteiger partial charge in [-0.2, -0.15) is 5.10 Å². The van der Waals surface area contributed by atoms with Crippen LogP contribution in [0, 0.1) is 11.7 Å². The van der Waals surface area contributed by atoms with Gasteiger partial charge >= 0.3 is 0 Å². The zero-order valence-corrected chi connectivity index (χ0v) is 12.8. The van der Waals surface area contributed by atoms with Gasteiger partial charge in [-0.25, -0.2) is 4.39 Å². The number of rotatable bonds is 7. The molecular formula is C16H19FN4O2. The van der Waals surface area contributed by atoms with E-state index in [4.69, 9.17) is 0 Å². The fourth-order valence-electron chi connectivity index (χ4n) is 2.07. The zero-order valence-electron chi connectivity index (χ0n) is 12.8. The van der Waals surface area contributed by atoms with Crippen LogP contribution in [-0.4, -0.2) is 28.6 Å². The standard InChI is InChI=1S/C16H19FN4O2/c1-11(6-7-12-4-2-3-5-14(12)17)16(23)18-10-15(22)21-13-8-19-20-9-13/h2-5,8-9,11H,6-7,10H2,1H3,(H,18,23)(H,19,20)(H,21,22)/t11-/m0/s1. The maximum absolute atomic E-state index is 13.5. The van der Waals surface area contributed by atoms with E-state index < -0.39 is 0 Å². The van der Waals surface area contributed by atoms with E-state index in [1.165, 1.54) is 18.5 Å². The first-order chi connectivity index (χ1) is 11.1. The Morgan fingerprint density at radius 1 is 1.35 bits per heavy atom. The highest BCUT2D eigenvalue weighted by molar-refractivity contribution is 5.94. The van der Waals surface area contributed by atoms with E-state index in [0.29, 0.717) is 24.1 Å². The van der Waals surface area contributed by atoms with E-state index in [-0.39, 0.29) is 30.1 Å². The van der Waals surface area contributed by atoms with Gasteiger partial charge in [0.15, 0.2) is 0 Å². The normalized spacial score (nSPS) is 11.7. The number of nitrogens with zero attached hydrogens (tertiary/aromatic N) is 1. The third-order valence-corrected chi connectivity index (χ3v) is 3.46. The summed E-state index contributed by atoms with van der Waals surface area (Å²) in [6.45, 7) is 1.64. The van der Waals surface area contributed by atoms with Gasteiger partial charge in [-0.05, 0) is 24.5 Å². The largest absolute Gasteiger partial charge is 0.347 e. The van der Waals surface area contributed by atoms with Crippen LogP contribution in [0.4, 0.5) is 10.1 Å². The molecule has 0 spiro atoms. The quantitative estimate of drug-likeness (QED) is 0.728. The molecule has 0 aliphatic rings. The van der Waals surface area contributed by atoms with Crippen molar-refractivity contribution in [3.05, 3.63) is 48.0 Å². The van der Waals surface area contributed by atoms with Gasteiger partial charge in [-0.1, -0.05) is 25.1 Å². The van der Waals surface area contributed by atoms with Gasteiger partial charge in [0.05, 0.1) is 18.4 Å². The molecule has 0 bridgehead atoms. The summed E-state index contributed by atoms with van der Waals surface area (Å²) in [6, 6.07) is 6.51. The summed E-state index contributed by atoms with van der Waals surface area (Å²) >= 11 is 0. The molecule has 1 aromatic heterocycles. The monoisotopic (exact) mass is 318 g/mol. The predicted octanol–water partition coefficient (Wildman–Crippen LogP) is 1.87. The predicted molar refractivity (Wildman–Crippen MR) is 84.1 cm³/mol. The van der Waals surface area contributed by atoms with Crippen molar-refractivity contribution in [2.24, 2.45) is 5.92 Å². The Bertz CT molecular complexity index is 658. The molecule has 7 heteroatoms. The molecule has 1 aromatic carbocycles. The molecule has 0 aliphatic carbocycles. The minimum Gasteiger partial charge on any atom is -0.347 e. The highest BCUT2D eigenvalue weighted by Crippen LogP contribution is 2.13. The lowest BCUT2D eigenvalue weighted by molar-refractivity contribution is -0.127. The molecule has 0 saturated carbocycles. The Hall–Kier alpha value is -2.70. The van der Waals surface area contributed by atoms with Crippen LogP contribution in [0.1, 0.15) is 18.9 Å². The van der Waals surface area contributed by atoms with Gasteiger partial charge in [0, 0.05) is 12.1 Å². The van der Waals surface area contributed by atoms with Crippen LogP contribution in [0.3, 0.4) is 0 Å². The second-order valence-electron chi connectivity index (χ2n) is 5.28. The number of benzene rings is 1. The molecule has 0 aliphatic heterocycles. The molecule has 0 unspecified atom stereocenters. The highest BCUT2D eigenvalue weighted by Gasteiger charge is 2.15. The van der Waals surface area contributed by atoms with Gasteiger partial charge in [0.25, 0.3) is 0 Å². The molecule has 122 valence electrons. The lowest BCUT2D eigenvalue weighted by Gasteiger charge is -2.12. The van der Waals surface area contributed by atoms with E-state index >= 15 is 0 Å². The van der Waals surface area contributed by atoms with E-state index in [1.807, 2.05) is 0 Å². The first-order valence-corrected chi connectivity index (χ1v) is 7.36. The molecule has 0 saturated heterocycles. The maximum atomic E-state index is 13.5. The van der Waals surface area contributed by atoms with Crippen LogP contribution >= 0.6 is 0 Å². The summed E-state index contributed by atoms with van der Waals surface area (Å²) in [6.07, 6.45) is 3.99. The van der Waals surface area contributed by atoms with Gasteiger partial charge in [-0.15, -0.1) is 0 Å². The SMILES string of the molecule is C[C@@H](CCc1ccccc1F)C(=O)NCC(=O)Nc1cn[nH]c1. The number of hydrogen-bond donors (Lipinski definition) is 3. The number of aromatic amines is 1. The van der Waals surface area contributed by atoms with Crippen molar-refractivity contribution in [1.82, 2.24) is 15.5 Å². The van der Waals surface area contributed by atoms with Crippen LogP contribution in [0.15, 0.2) is 36.7 Å². The molecule has 0 fully saturated rings. The second kappa shape index (κ2) is 8.07. The van der Waals surface area contributed by atoms with Crippen molar-refractivity contribution in [2.45, 2.75) is 19.8 Å². The zero-order chi connectivity index (χ0) is 16.7. The minimum absolute atomic E-state index is 0.117. The van der Waals surface area contributed by atoms with Gasteiger partial charge in [0.1, 0.15) is 5.82 Å². The van der Waals surface area contributed by atoms with Crippen LogP contribution in [0.5, 0.6) is 0 Å². The molecule has 6 nitrogen and oxygen atoms in total. The number of hydrogen-bond acceptors (Lipinski definition) is 3. The lowest BCUT2D eigenvalue weighted by Crippen LogP contribution is -2.36. The fourth-order valence-corrected chi connectivity index (χ4v) is 2.07. The molecule has 3 N–H and O–H groups in total. The maximum Gasteiger partial charge on any atom is 0.243 e. The molecule has 2 amide bonds. The van der Waals surface area contributed by atoms with Crippen molar-refractivity contribution in [3.8, 4) is 0 Å². The first kappa shape index (κ1) is 16.7. The number of aromatic nitrogens is 2. The number of anilines is 1. The Morgan fingerprint density at radius 2 is 2.13 bits per heavy atom.